The van der Waals surface area contributed by atoms with Crippen molar-refractivity contribution in [2.24, 2.45) is 0 Å². The van der Waals surface area contributed by atoms with Gasteiger partial charge in [-0.2, -0.15) is 5.10 Å². The Morgan fingerprint density at radius 1 is 1.12 bits per heavy atom. The Kier molecular flexibility index (Phi) is 4.04. The second kappa shape index (κ2) is 6.16. The summed E-state index contributed by atoms with van der Waals surface area (Å²) in [5.41, 5.74) is 0.307. The van der Waals surface area contributed by atoms with Crippen molar-refractivity contribution in [3.8, 4) is 0 Å². The number of carboxylic acid groups (broad SMARTS) is 1. The number of carboxylic acids is 1. The Balaban J connectivity index is 1.88. The summed E-state index contributed by atoms with van der Waals surface area (Å²) in [6.07, 6.45) is 0.178. The third-order valence-electron chi connectivity index (χ3n) is 3.95. The van der Waals surface area contributed by atoms with Gasteiger partial charge in [-0.25, -0.2) is 4.79 Å². The highest BCUT2D eigenvalue weighted by Crippen LogP contribution is 2.18. The maximum Gasteiger partial charge on any atom is 0.329 e. The molecule has 0 saturated carbocycles. The molecular formula is C18H17N3O3. The van der Waals surface area contributed by atoms with Crippen LogP contribution in [-0.4, -0.2) is 32.7 Å². The minimum Gasteiger partial charge on any atom is -0.480 e. The summed E-state index contributed by atoms with van der Waals surface area (Å²) in [4.78, 5) is 24.3. The molecule has 0 aliphatic heterocycles. The third-order valence-corrected chi connectivity index (χ3v) is 3.95. The Morgan fingerprint density at radius 3 is 2.50 bits per heavy atom. The van der Waals surface area contributed by atoms with Crippen molar-refractivity contribution >= 4 is 22.8 Å². The van der Waals surface area contributed by atoms with E-state index in [1.807, 2.05) is 36.4 Å². The van der Waals surface area contributed by atoms with E-state index in [1.165, 1.54) is 6.92 Å². The zero-order valence-corrected chi connectivity index (χ0v) is 13.1. The number of hydrogen-bond donors (Lipinski definition) is 3. The van der Waals surface area contributed by atoms with E-state index < -0.39 is 17.4 Å². The van der Waals surface area contributed by atoms with E-state index in [1.54, 1.807) is 18.2 Å². The largest absolute Gasteiger partial charge is 0.480 e. The zero-order chi connectivity index (χ0) is 17.2. The lowest BCUT2D eigenvalue weighted by Gasteiger charge is -2.26. The number of fused-ring (bicyclic) bond motifs is 1. The van der Waals surface area contributed by atoms with E-state index in [2.05, 4.69) is 15.5 Å². The molecule has 122 valence electrons. The maximum atomic E-state index is 12.6. The highest BCUT2D eigenvalue weighted by molar-refractivity contribution is 6.06. The van der Waals surface area contributed by atoms with Gasteiger partial charge >= 0.3 is 5.97 Å². The van der Waals surface area contributed by atoms with Crippen LogP contribution >= 0.6 is 0 Å². The molecule has 1 aromatic heterocycles. The number of nitrogens with zero attached hydrogens (tertiary/aromatic N) is 1. The van der Waals surface area contributed by atoms with Gasteiger partial charge in [0.2, 0.25) is 0 Å². The molecule has 2 aromatic carbocycles. The van der Waals surface area contributed by atoms with E-state index in [9.17, 15) is 14.7 Å². The first-order valence-corrected chi connectivity index (χ1v) is 7.52. The van der Waals surface area contributed by atoms with Crippen molar-refractivity contribution in [1.29, 1.82) is 0 Å². The number of para-hydroxylation sites is 1. The van der Waals surface area contributed by atoms with Gasteiger partial charge in [0, 0.05) is 11.8 Å². The minimum absolute atomic E-state index is 0.178. The van der Waals surface area contributed by atoms with E-state index in [0.717, 1.165) is 11.1 Å². The molecule has 1 unspecified atom stereocenters. The summed E-state index contributed by atoms with van der Waals surface area (Å²) in [6, 6.07) is 16.4. The highest BCUT2D eigenvalue weighted by atomic mass is 16.4. The molecule has 24 heavy (non-hydrogen) atoms. The Labute approximate surface area is 138 Å². The average Bonchev–Trinajstić information content (AvgIpc) is 2.99. The number of aromatic amines is 1. The second-order valence-electron chi connectivity index (χ2n) is 5.87. The lowest BCUT2D eigenvalue weighted by Crippen LogP contribution is -2.53. The van der Waals surface area contributed by atoms with Crippen LogP contribution in [0.3, 0.4) is 0 Å². The molecule has 0 aliphatic carbocycles. The lowest BCUT2D eigenvalue weighted by molar-refractivity contribution is -0.143. The van der Waals surface area contributed by atoms with Gasteiger partial charge in [0.05, 0.1) is 5.52 Å². The number of aromatic nitrogens is 2. The number of amides is 1. The first-order valence-electron chi connectivity index (χ1n) is 7.52. The number of hydrogen-bond acceptors (Lipinski definition) is 3. The molecular weight excluding hydrogens is 306 g/mol. The molecule has 0 bridgehead atoms. The van der Waals surface area contributed by atoms with Crippen LogP contribution in [0.2, 0.25) is 0 Å². The molecule has 0 spiro atoms. The predicted molar refractivity (Wildman–Crippen MR) is 89.7 cm³/mol. The van der Waals surface area contributed by atoms with Gasteiger partial charge in [0.25, 0.3) is 5.91 Å². The number of aliphatic carboxylic acids is 1. The summed E-state index contributed by atoms with van der Waals surface area (Å²) in [6.45, 7) is 1.50. The molecule has 0 saturated heterocycles. The summed E-state index contributed by atoms with van der Waals surface area (Å²) < 4.78 is 0. The summed E-state index contributed by atoms with van der Waals surface area (Å²) >= 11 is 0. The normalized spacial score (nSPS) is 13.4. The topological polar surface area (TPSA) is 95.1 Å². The Bertz CT molecular complexity index is 889. The van der Waals surface area contributed by atoms with E-state index in [4.69, 9.17) is 0 Å². The molecule has 3 rings (SSSR count). The maximum absolute atomic E-state index is 12.6. The Morgan fingerprint density at radius 2 is 1.79 bits per heavy atom. The standard InChI is InChI=1S/C18H17N3O3/c1-18(17(23)24,11-12-7-3-2-4-8-12)19-16(22)15-13-9-5-6-10-14(13)20-21-15/h2-10H,11H2,1H3,(H,19,22)(H,20,21)(H,23,24). The van der Waals surface area contributed by atoms with Crippen molar-refractivity contribution in [2.75, 3.05) is 0 Å². The van der Waals surface area contributed by atoms with Crippen molar-refractivity contribution in [3.63, 3.8) is 0 Å². The fourth-order valence-electron chi connectivity index (χ4n) is 2.62. The smallest absolute Gasteiger partial charge is 0.329 e. The SMILES string of the molecule is CC(Cc1ccccc1)(NC(=O)c1n[nH]c2ccccc12)C(=O)O. The summed E-state index contributed by atoms with van der Waals surface area (Å²) in [5.74, 6) is -1.62. The van der Waals surface area contributed by atoms with Crippen LogP contribution < -0.4 is 5.32 Å². The van der Waals surface area contributed by atoms with Crippen LogP contribution in [0, 0.1) is 0 Å². The van der Waals surface area contributed by atoms with Crippen molar-refractivity contribution in [2.45, 2.75) is 18.9 Å². The lowest BCUT2D eigenvalue weighted by atomic mass is 9.92. The number of carbonyl (C=O) groups is 2. The quantitative estimate of drug-likeness (QED) is 0.672. The van der Waals surface area contributed by atoms with Crippen molar-refractivity contribution in [1.82, 2.24) is 15.5 Å². The van der Waals surface area contributed by atoms with Gasteiger partial charge in [-0.3, -0.25) is 9.89 Å². The monoisotopic (exact) mass is 323 g/mol. The van der Waals surface area contributed by atoms with E-state index in [0.29, 0.717) is 5.39 Å². The van der Waals surface area contributed by atoms with Crippen molar-refractivity contribution in [3.05, 3.63) is 65.9 Å². The first kappa shape index (κ1) is 15.7. The molecule has 0 fully saturated rings. The molecule has 3 aromatic rings. The summed E-state index contributed by atoms with van der Waals surface area (Å²) in [5, 5.41) is 19.7. The van der Waals surface area contributed by atoms with Crippen LogP contribution in [0.15, 0.2) is 54.6 Å². The number of carbonyl (C=O) groups excluding carboxylic acids is 1. The van der Waals surface area contributed by atoms with E-state index in [-0.39, 0.29) is 12.1 Å². The molecule has 0 radical (unpaired) electrons. The number of nitrogens with one attached hydrogen (secondary N) is 2. The van der Waals surface area contributed by atoms with Gasteiger partial charge in [-0.15, -0.1) is 0 Å². The van der Waals surface area contributed by atoms with Crippen LogP contribution in [0.25, 0.3) is 10.9 Å². The van der Waals surface area contributed by atoms with Crippen molar-refractivity contribution < 1.29 is 14.7 Å². The fraction of sp³-hybridized carbons (Fsp3) is 0.167. The van der Waals surface area contributed by atoms with Crippen LogP contribution in [0.1, 0.15) is 23.0 Å². The molecule has 6 heteroatoms. The Hall–Kier alpha value is -3.15. The highest BCUT2D eigenvalue weighted by Gasteiger charge is 2.36. The number of rotatable bonds is 5. The van der Waals surface area contributed by atoms with Crippen LogP contribution in [-0.2, 0) is 11.2 Å². The van der Waals surface area contributed by atoms with Crippen LogP contribution in [0.4, 0.5) is 0 Å². The van der Waals surface area contributed by atoms with Gasteiger partial charge < -0.3 is 10.4 Å². The third kappa shape index (κ3) is 2.99. The van der Waals surface area contributed by atoms with Gasteiger partial charge in [-0.1, -0.05) is 48.5 Å². The predicted octanol–water partition coefficient (Wildman–Crippen LogP) is 2.38. The minimum atomic E-state index is -1.43. The molecule has 0 aliphatic rings. The molecule has 6 nitrogen and oxygen atoms in total. The van der Waals surface area contributed by atoms with Gasteiger partial charge in [0.15, 0.2) is 5.69 Å². The fourth-order valence-corrected chi connectivity index (χ4v) is 2.62. The average molecular weight is 323 g/mol. The van der Waals surface area contributed by atoms with E-state index >= 15 is 0 Å². The zero-order valence-electron chi connectivity index (χ0n) is 13.1. The first-order chi connectivity index (χ1) is 11.5. The van der Waals surface area contributed by atoms with Crippen LogP contribution in [0.5, 0.6) is 0 Å². The number of benzene rings is 2. The molecule has 1 heterocycles. The molecule has 1 amide bonds. The number of H-pyrrole nitrogens is 1. The molecule has 1 atom stereocenters. The summed E-state index contributed by atoms with van der Waals surface area (Å²) in [7, 11) is 0. The van der Waals surface area contributed by atoms with Gasteiger partial charge in [-0.05, 0) is 18.6 Å². The van der Waals surface area contributed by atoms with Gasteiger partial charge in [0.1, 0.15) is 5.54 Å². The molecule has 3 N–H and O–H groups in total. The second-order valence-corrected chi connectivity index (χ2v) is 5.87.